The first-order chi connectivity index (χ1) is 36.9. The van der Waals surface area contributed by atoms with E-state index in [1.165, 1.54) is 156 Å². The second-order valence-electron chi connectivity index (χ2n) is 22.1. The third-order valence-corrected chi connectivity index (χ3v) is 15.7. The minimum Gasteiger partial charge on any atom is -0.0654 e. The van der Waals surface area contributed by atoms with Crippen molar-refractivity contribution in [1.82, 2.24) is 0 Å². The normalized spacial score (nSPS) is 13.9. The second-order valence-corrected chi connectivity index (χ2v) is 22.1. The van der Waals surface area contributed by atoms with E-state index in [4.69, 9.17) is 0 Å². The Labute approximate surface area is 462 Å². The van der Waals surface area contributed by atoms with Gasteiger partial charge in [0.2, 0.25) is 0 Å². The molecule has 0 amide bonds. The first kappa shape index (κ1) is 58.8. The summed E-state index contributed by atoms with van der Waals surface area (Å²) in [5, 5.41) is 0. The van der Waals surface area contributed by atoms with Gasteiger partial charge in [-0.1, -0.05) is 305 Å². The molecule has 7 aromatic rings. The maximum absolute atomic E-state index is 2.43. The number of hydrogen-bond donors (Lipinski definition) is 0. The molecule has 0 nitrogen and oxygen atoms in total. The van der Waals surface area contributed by atoms with Crippen LogP contribution in [-0.2, 0) is 0 Å². The van der Waals surface area contributed by atoms with Crippen molar-refractivity contribution in [2.45, 2.75) is 167 Å². The van der Waals surface area contributed by atoms with Gasteiger partial charge in [0.1, 0.15) is 0 Å². The molecule has 0 saturated carbocycles. The van der Waals surface area contributed by atoms with E-state index in [0.29, 0.717) is 5.41 Å². The molecular formula is C76H92. The van der Waals surface area contributed by atoms with Crippen molar-refractivity contribution in [2.24, 2.45) is 5.41 Å². The van der Waals surface area contributed by atoms with Gasteiger partial charge in [-0.25, -0.2) is 0 Å². The van der Waals surface area contributed by atoms with Gasteiger partial charge in [0.05, 0.1) is 0 Å². The molecule has 0 aliphatic heterocycles. The second kappa shape index (κ2) is 29.7. The van der Waals surface area contributed by atoms with E-state index in [9.17, 15) is 0 Å². The van der Waals surface area contributed by atoms with Gasteiger partial charge in [-0.15, -0.1) is 0 Å². The van der Waals surface area contributed by atoms with Crippen LogP contribution in [0.2, 0.25) is 0 Å². The van der Waals surface area contributed by atoms with Gasteiger partial charge in [0.25, 0.3) is 0 Å². The highest BCUT2D eigenvalue weighted by Crippen LogP contribution is 2.50. The summed E-state index contributed by atoms with van der Waals surface area (Å²) in [6.45, 7) is 26.6. The van der Waals surface area contributed by atoms with E-state index in [0.717, 1.165) is 38.5 Å². The summed E-state index contributed by atoms with van der Waals surface area (Å²) in [6.07, 6.45) is 15.5. The summed E-state index contributed by atoms with van der Waals surface area (Å²) < 4.78 is 0. The molecule has 76 heavy (non-hydrogen) atoms. The molecule has 9 rings (SSSR count). The first-order valence-electron chi connectivity index (χ1n) is 29.3. The molecule has 0 spiro atoms. The summed E-state index contributed by atoms with van der Waals surface area (Å²) in [6, 6.07) is 68.9. The maximum atomic E-state index is 2.43. The summed E-state index contributed by atoms with van der Waals surface area (Å²) in [7, 11) is 0. The molecule has 0 unspecified atom stereocenters. The van der Waals surface area contributed by atoms with Gasteiger partial charge in [-0.2, -0.15) is 0 Å². The fourth-order valence-electron chi connectivity index (χ4n) is 10.1. The van der Waals surface area contributed by atoms with Crippen LogP contribution in [-0.4, -0.2) is 0 Å². The van der Waals surface area contributed by atoms with Crippen molar-refractivity contribution >= 4 is 44.6 Å². The Morgan fingerprint density at radius 1 is 0.276 bits per heavy atom. The number of aryl methyl sites for hydroxylation is 4. The summed E-state index contributed by atoms with van der Waals surface area (Å²) in [4.78, 5) is 0. The quantitative estimate of drug-likeness (QED) is 0.108. The van der Waals surface area contributed by atoms with Crippen molar-refractivity contribution in [1.29, 1.82) is 0 Å². The van der Waals surface area contributed by atoms with Gasteiger partial charge >= 0.3 is 0 Å². The highest BCUT2D eigenvalue weighted by molar-refractivity contribution is 6.24. The highest BCUT2D eigenvalue weighted by Gasteiger charge is 2.28. The van der Waals surface area contributed by atoms with Crippen molar-refractivity contribution in [3.8, 4) is 0 Å². The zero-order valence-electron chi connectivity index (χ0n) is 49.0. The molecule has 0 fully saturated rings. The van der Waals surface area contributed by atoms with Crippen molar-refractivity contribution in [2.75, 3.05) is 0 Å². The first-order valence-corrected chi connectivity index (χ1v) is 29.3. The Bertz CT molecular complexity index is 2760. The number of hydrogen-bond acceptors (Lipinski definition) is 0. The molecule has 2 aliphatic carbocycles. The molecule has 0 bridgehead atoms. The number of rotatable bonds is 13. The molecule has 2 aliphatic rings. The fourth-order valence-corrected chi connectivity index (χ4v) is 10.1. The van der Waals surface area contributed by atoms with Crippen LogP contribution in [0.3, 0.4) is 0 Å². The van der Waals surface area contributed by atoms with E-state index in [2.05, 4.69) is 265 Å². The fraction of sp³-hybridized carbons (Fsp3) is 0.342. The van der Waals surface area contributed by atoms with Crippen molar-refractivity contribution < 1.29 is 0 Å². The minimum absolute atomic E-state index is 0.583. The Balaban J connectivity index is 0.000000513. The molecule has 0 saturated heterocycles. The van der Waals surface area contributed by atoms with Crippen LogP contribution in [0.5, 0.6) is 0 Å². The molecule has 0 N–H and O–H groups in total. The summed E-state index contributed by atoms with van der Waals surface area (Å²) in [5.74, 6) is 0. The van der Waals surface area contributed by atoms with Crippen LogP contribution in [0.4, 0.5) is 0 Å². The Morgan fingerprint density at radius 2 is 0.500 bits per heavy atom. The van der Waals surface area contributed by atoms with Gasteiger partial charge < -0.3 is 0 Å². The lowest BCUT2D eigenvalue weighted by Crippen LogP contribution is -2.05. The van der Waals surface area contributed by atoms with Crippen molar-refractivity contribution in [3.63, 3.8) is 0 Å². The Hall–Kier alpha value is -6.50. The topological polar surface area (TPSA) is 0 Å². The zero-order valence-corrected chi connectivity index (χ0v) is 49.0. The number of benzene rings is 7. The Morgan fingerprint density at radius 3 is 0.684 bits per heavy atom. The molecule has 0 heteroatoms. The average Bonchev–Trinajstić information content (AvgIpc) is 3.79. The summed E-state index contributed by atoms with van der Waals surface area (Å²) in [5.41, 5.74) is 27.1. The van der Waals surface area contributed by atoms with Crippen LogP contribution < -0.4 is 0 Å². The van der Waals surface area contributed by atoms with Gasteiger partial charge in [-0.05, 0) is 161 Å². The standard InChI is InChI=1S/C60H54.C7H16.C5H12.C4H10/c1-41-21-29-45(30-22-41)53-17-11-19-55(47-33-25-43(3)26-34-47)59(57(53)49-13-7-5-8-14-49)51-37-39-52(40-38-51)60-56(48-35-27-44(4)28-36-48)20-12-18-54(46-31-23-42(2)24-32-46)58(60)50-15-9-6-10-16-50;1-5-7(3,4)6-2;1-3-5-4-2;1-3-4-2/h5-10,13-16,21-40H,11-12,17-20H2,1-4H3;5-6H2,1-4H3;3-5H2,1-2H3;3-4H2,1-2H3. The number of allylic oxidation sites excluding steroid dienone is 8. The van der Waals surface area contributed by atoms with Gasteiger partial charge in [0.15, 0.2) is 0 Å². The van der Waals surface area contributed by atoms with Crippen LogP contribution >= 0.6 is 0 Å². The maximum Gasteiger partial charge on any atom is -0.00643 e. The SMILES string of the molecule is CCC(C)(C)CC.CCCC.CCCCC.Cc1ccc(C2=C(c3ccccc3)C(c3ccc(C4=C(c5ccc(C)cc5)CCCC(c5ccc(C)cc5)=C4c4ccccc4)cc3)=C(c3ccc(C)cc3)CCC2)cc1. The van der Waals surface area contributed by atoms with E-state index in [1.54, 1.807) is 0 Å². The smallest absolute Gasteiger partial charge is 0.00643 e. The van der Waals surface area contributed by atoms with E-state index >= 15 is 0 Å². The summed E-state index contributed by atoms with van der Waals surface area (Å²) >= 11 is 0. The lowest BCUT2D eigenvalue weighted by atomic mass is 9.80. The van der Waals surface area contributed by atoms with E-state index < -0.39 is 0 Å². The van der Waals surface area contributed by atoms with Crippen LogP contribution in [0.1, 0.15) is 206 Å². The monoisotopic (exact) mass is 1000 g/mol. The Kier molecular flexibility index (Phi) is 23.0. The zero-order chi connectivity index (χ0) is 54.5. The molecule has 396 valence electrons. The lowest BCUT2D eigenvalue weighted by molar-refractivity contribution is 0.338. The predicted molar refractivity (Wildman–Crippen MR) is 339 cm³/mol. The van der Waals surface area contributed by atoms with Crippen molar-refractivity contribution in [3.05, 3.63) is 249 Å². The van der Waals surface area contributed by atoms with E-state index in [1.807, 2.05) is 0 Å². The number of unbranched alkanes of at least 4 members (excludes halogenated alkanes) is 3. The largest absolute Gasteiger partial charge is 0.0654 e. The third-order valence-electron chi connectivity index (χ3n) is 15.7. The predicted octanol–water partition coefficient (Wildman–Crippen LogP) is 23.2. The molecular weight excluding hydrogens is 913 g/mol. The molecule has 7 aromatic carbocycles. The van der Waals surface area contributed by atoms with Crippen LogP contribution in [0.25, 0.3) is 44.6 Å². The minimum atomic E-state index is 0.583. The molecule has 0 atom stereocenters. The van der Waals surface area contributed by atoms with Crippen LogP contribution in [0.15, 0.2) is 182 Å². The van der Waals surface area contributed by atoms with E-state index in [-0.39, 0.29) is 0 Å². The molecule has 0 radical (unpaired) electrons. The third kappa shape index (κ3) is 16.0. The molecule has 0 aromatic heterocycles. The highest BCUT2D eigenvalue weighted by atomic mass is 14.3. The molecule has 0 heterocycles. The lowest BCUT2D eigenvalue weighted by Gasteiger charge is -2.23. The average molecular weight is 1010 g/mol. The van der Waals surface area contributed by atoms with Gasteiger partial charge in [0, 0.05) is 0 Å². The van der Waals surface area contributed by atoms with Crippen LogP contribution in [0, 0.1) is 33.1 Å². The van der Waals surface area contributed by atoms with Gasteiger partial charge in [-0.3, -0.25) is 0 Å².